The van der Waals surface area contributed by atoms with Gasteiger partial charge in [0.2, 0.25) is 10.0 Å². The summed E-state index contributed by atoms with van der Waals surface area (Å²) in [6.07, 6.45) is 0. The maximum atomic E-state index is 10.6. The van der Waals surface area contributed by atoms with Gasteiger partial charge in [0, 0.05) is 32.2 Å². The zero-order valence-electron chi connectivity index (χ0n) is 11.5. The number of benzene rings is 1. The number of nitrogens with zero attached hydrogens (tertiary/aromatic N) is 1. The highest BCUT2D eigenvalue weighted by atomic mass is 32.2. The summed E-state index contributed by atoms with van der Waals surface area (Å²) in [5, 5.41) is 8.16. The molecule has 0 aliphatic carbocycles. The largest absolute Gasteiger partial charge is 0.314 e. The van der Waals surface area contributed by atoms with E-state index >= 15 is 0 Å². The van der Waals surface area contributed by atoms with Crippen LogP contribution < -0.4 is 10.5 Å². The molecule has 0 atom stereocenters. The number of piperazine rings is 1. The maximum Gasteiger partial charge on any atom is 0.238 e. The second kappa shape index (κ2) is 7.59. The molecule has 0 aromatic heterocycles. The van der Waals surface area contributed by atoms with Crippen LogP contribution in [-0.4, -0.2) is 45.5 Å². The second-order valence-electron chi connectivity index (χ2n) is 4.74. The van der Waals surface area contributed by atoms with E-state index in [4.69, 9.17) is 5.14 Å². The second-order valence-corrected chi connectivity index (χ2v) is 6.30. The molecule has 6 heteroatoms. The maximum absolute atomic E-state index is 10.6. The normalized spacial score (nSPS) is 16.8. The van der Waals surface area contributed by atoms with Gasteiger partial charge >= 0.3 is 0 Å². The lowest BCUT2D eigenvalue weighted by Gasteiger charge is -2.30. The van der Waals surface area contributed by atoms with Gasteiger partial charge in [0.25, 0.3) is 0 Å². The third-order valence-electron chi connectivity index (χ3n) is 2.95. The first kappa shape index (κ1) is 16.1. The van der Waals surface area contributed by atoms with Crippen molar-refractivity contribution in [2.75, 3.05) is 26.2 Å². The zero-order chi connectivity index (χ0) is 14.3. The average molecular weight is 285 g/mol. The molecule has 0 amide bonds. The number of primary sulfonamides is 1. The molecule has 1 saturated heterocycles. The third-order valence-corrected chi connectivity index (χ3v) is 3.88. The van der Waals surface area contributed by atoms with Gasteiger partial charge in [0.15, 0.2) is 0 Å². The highest BCUT2D eigenvalue weighted by Gasteiger charge is 2.11. The van der Waals surface area contributed by atoms with E-state index in [1.54, 1.807) is 18.2 Å². The Kier molecular flexibility index (Phi) is 6.44. The predicted octanol–water partition coefficient (Wildman–Crippen LogP) is 0.634. The van der Waals surface area contributed by atoms with Gasteiger partial charge in [-0.15, -0.1) is 0 Å². The van der Waals surface area contributed by atoms with Crippen LogP contribution in [0.15, 0.2) is 35.2 Å². The molecule has 2 rings (SSSR count). The highest BCUT2D eigenvalue weighted by molar-refractivity contribution is 7.89. The Labute approximate surface area is 115 Å². The van der Waals surface area contributed by atoms with Crippen molar-refractivity contribution in [1.82, 2.24) is 10.2 Å². The number of nitrogens with two attached hydrogens (primary N) is 1. The molecule has 5 nitrogen and oxygen atoms in total. The lowest BCUT2D eigenvalue weighted by Crippen LogP contribution is -2.46. The van der Waals surface area contributed by atoms with Crippen LogP contribution >= 0.6 is 0 Å². The van der Waals surface area contributed by atoms with Crippen LogP contribution in [0.1, 0.15) is 13.8 Å². The number of sulfonamides is 1. The fourth-order valence-electron chi connectivity index (χ4n) is 1.81. The van der Waals surface area contributed by atoms with Gasteiger partial charge in [-0.1, -0.05) is 18.2 Å². The molecule has 19 heavy (non-hydrogen) atoms. The molecule has 1 aromatic carbocycles. The molecule has 0 saturated carbocycles. The minimum atomic E-state index is -3.50. The Morgan fingerprint density at radius 1 is 1.16 bits per heavy atom. The van der Waals surface area contributed by atoms with Crippen molar-refractivity contribution in [3.63, 3.8) is 0 Å². The van der Waals surface area contributed by atoms with Crippen LogP contribution in [0.5, 0.6) is 0 Å². The summed E-state index contributed by atoms with van der Waals surface area (Å²) in [4.78, 5) is 2.64. The smallest absolute Gasteiger partial charge is 0.238 e. The summed E-state index contributed by atoms with van der Waals surface area (Å²) in [5.74, 6) is 0. The third kappa shape index (κ3) is 6.15. The van der Waals surface area contributed by atoms with E-state index < -0.39 is 10.0 Å². The molecule has 1 aromatic rings. The van der Waals surface area contributed by atoms with Crippen LogP contribution in [0.25, 0.3) is 0 Å². The molecule has 1 heterocycles. The summed E-state index contributed by atoms with van der Waals surface area (Å²) in [6.45, 7) is 9.28. The van der Waals surface area contributed by atoms with E-state index in [1.807, 2.05) is 0 Å². The molecule has 1 fully saturated rings. The molecule has 0 unspecified atom stereocenters. The van der Waals surface area contributed by atoms with E-state index in [2.05, 4.69) is 24.1 Å². The van der Waals surface area contributed by atoms with Crippen molar-refractivity contribution >= 4 is 10.0 Å². The quantitative estimate of drug-likeness (QED) is 0.836. The van der Waals surface area contributed by atoms with Crippen LogP contribution in [0, 0.1) is 0 Å². The molecule has 1 aliphatic heterocycles. The summed E-state index contributed by atoms with van der Waals surface area (Å²) >= 11 is 0. The van der Waals surface area contributed by atoms with Crippen molar-refractivity contribution in [2.45, 2.75) is 24.8 Å². The topological polar surface area (TPSA) is 75.4 Å². The zero-order valence-corrected chi connectivity index (χ0v) is 12.4. The van der Waals surface area contributed by atoms with Crippen LogP contribution in [-0.2, 0) is 10.0 Å². The van der Waals surface area contributed by atoms with E-state index in [0.29, 0.717) is 0 Å². The Morgan fingerprint density at radius 2 is 1.68 bits per heavy atom. The molecular formula is C13H23N3O2S. The number of nitrogens with one attached hydrogen (secondary N) is 1. The number of hydrogen-bond acceptors (Lipinski definition) is 4. The molecule has 0 radical (unpaired) electrons. The molecule has 108 valence electrons. The van der Waals surface area contributed by atoms with Crippen molar-refractivity contribution in [2.24, 2.45) is 5.14 Å². The van der Waals surface area contributed by atoms with E-state index in [1.165, 1.54) is 25.2 Å². The van der Waals surface area contributed by atoms with Gasteiger partial charge in [-0.3, -0.25) is 4.90 Å². The molecule has 0 bridgehead atoms. The standard InChI is InChI=1S/C7H16N2.C6H7NO2S/c1-7(2)9-5-3-8-4-6-9;7-10(8,9)6-4-2-1-3-5-6/h7-8H,3-6H2,1-2H3;1-5H,(H2,7,8,9). The van der Waals surface area contributed by atoms with Crippen molar-refractivity contribution in [1.29, 1.82) is 0 Å². The Hall–Kier alpha value is -0.950. The van der Waals surface area contributed by atoms with E-state index in [-0.39, 0.29) is 4.90 Å². The molecule has 3 N–H and O–H groups in total. The summed E-state index contributed by atoms with van der Waals surface area (Å²) < 4.78 is 21.2. The lowest BCUT2D eigenvalue weighted by atomic mass is 10.3. The first-order valence-electron chi connectivity index (χ1n) is 6.44. The minimum absolute atomic E-state index is 0.148. The Balaban J connectivity index is 0.000000191. The molecule has 0 spiro atoms. The SMILES string of the molecule is CC(C)N1CCNCC1.NS(=O)(=O)c1ccccc1. The monoisotopic (exact) mass is 285 g/mol. The Bertz CT molecular complexity index is 454. The van der Waals surface area contributed by atoms with Gasteiger partial charge in [-0.2, -0.15) is 0 Å². The first-order chi connectivity index (χ1) is 8.91. The van der Waals surface area contributed by atoms with Crippen molar-refractivity contribution in [3.8, 4) is 0 Å². The van der Waals surface area contributed by atoms with Gasteiger partial charge in [-0.05, 0) is 26.0 Å². The van der Waals surface area contributed by atoms with Gasteiger partial charge in [0.1, 0.15) is 0 Å². The number of hydrogen-bond donors (Lipinski definition) is 2. The van der Waals surface area contributed by atoms with Gasteiger partial charge in [-0.25, -0.2) is 13.6 Å². The molecular weight excluding hydrogens is 262 g/mol. The fourth-order valence-corrected chi connectivity index (χ4v) is 2.35. The van der Waals surface area contributed by atoms with Crippen molar-refractivity contribution in [3.05, 3.63) is 30.3 Å². The van der Waals surface area contributed by atoms with E-state index in [0.717, 1.165) is 19.1 Å². The highest BCUT2D eigenvalue weighted by Crippen LogP contribution is 2.03. The van der Waals surface area contributed by atoms with Gasteiger partial charge < -0.3 is 5.32 Å². The van der Waals surface area contributed by atoms with Crippen molar-refractivity contribution < 1.29 is 8.42 Å². The first-order valence-corrected chi connectivity index (χ1v) is 7.98. The molecule has 1 aliphatic rings. The van der Waals surface area contributed by atoms with Crippen LogP contribution in [0.3, 0.4) is 0 Å². The summed E-state index contributed by atoms with van der Waals surface area (Å²) in [7, 11) is -3.50. The average Bonchev–Trinajstić information content (AvgIpc) is 2.40. The number of rotatable bonds is 2. The summed E-state index contributed by atoms with van der Waals surface area (Å²) in [5.41, 5.74) is 0. The minimum Gasteiger partial charge on any atom is -0.314 e. The van der Waals surface area contributed by atoms with Crippen LogP contribution in [0.4, 0.5) is 0 Å². The van der Waals surface area contributed by atoms with Crippen LogP contribution in [0.2, 0.25) is 0 Å². The Morgan fingerprint density at radius 3 is 2.00 bits per heavy atom. The van der Waals surface area contributed by atoms with E-state index in [9.17, 15) is 8.42 Å². The summed E-state index contributed by atoms with van der Waals surface area (Å²) in [6, 6.07) is 8.62. The lowest BCUT2D eigenvalue weighted by molar-refractivity contribution is 0.196. The fraction of sp³-hybridized carbons (Fsp3) is 0.538. The van der Waals surface area contributed by atoms with Gasteiger partial charge in [0.05, 0.1) is 4.90 Å². The predicted molar refractivity (Wildman–Crippen MR) is 77.4 cm³/mol.